The zero-order chi connectivity index (χ0) is 20.2. The van der Waals surface area contributed by atoms with Gasteiger partial charge in [0.1, 0.15) is 17.0 Å². The molecule has 0 fully saturated rings. The van der Waals surface area contributed by atoms with Crippen molar-refractivity contribution in [1.82, 2.24) is 24.6 Å². The van der Waals surface area contributed by atoms with E-state index in [9.17, 15) is 13.2 Å². The van der Waals surface area contributed by atoms with Gasteiger partial charge in [0, 0.05) is 24.9 Å². The van der Waals surface area contributed by atoms with Gasteiger partial charge in [0.05, 0.1) is 28.8 Å². The van der Waals surface area contributed by atoms with Crippen molar-refractivity contribution in [3.8, 4) is 0 Å². The summed E-state index contributed by atoms with van der Waals surface area (Å²) in [6.45, 7) is 0.555. The number of halogens is 4. The number of imidazole rings is 1. The molecule has 1 atom stereocenters. The molecule has 1 aliphatic heterocycles. The van der Waals surface area contributed by atoms with Gasteiger partial charge in [0.2, 0.25) is 0 Å². The normalized spacial score (nSPS) is 17.0. The quantitative estimate of drug-likeness (QED) is 0.494. The first-order valence-electron chi connectivity index (χ1n) is 8.88. The van der Waals surface area contributed by atoms with Gasteiger partial charge in [-0.2, -0.15) is 18.3 Å². The molecule has 0 spiro atoms. The van der Waals surface area contributed by atoms with Crippen LogP contribution in [0, 0.1) is 0 Å². The second kappa shape index (κ2) is 6.48. The van der Waals surface area contributed by atoms with Crippen molar-refractivity contribution in [2.75, 3.05) is 11.4 Å². The molecule has 1 N–H and O–H groups in total. The predicted octanol–water partition coefficient (Wildman–Crippen LogP) is 4.28. The molecule has 0 amide bonds. The van der Waals surface area contributed by atoms with Crippen LogP contribution in [0.1, 0.15) is 28.7 Å². The molecule has 0 saturated carbocycles. The Morgan fingerprint density at radius 2 is 2.00 bits per heavy atom. The number of hydrogen-bond donors (Lipinski definition) is 1. The van der Waals surface area contributed by atoms with E-state index in [0.29, 0.717) is 29.6 Å². The molecular formula is C19H14ClF3N6. The van der Waals surface area contributed by atoms with Gasteiger partial charge in [-0.05, 0) is 30.3 Å². The van der Waals surface area contributed by atoms with E-state index in [4.69, 9.17) is 11.6 Å². The van der Waals surface area contributed by atoms with Crippen molar-refractivity contribution < 1.29 is 13.2 Å². The second-order valence-electron chi connectivity index (χ2n) is 6.77. The number of rotatable bonds is 2. The van der Waals surface area contributed by atoms with Crippen LogP contribution in [0.2, 0.25) is 5.15 Å². The Morgan fingerprint density at radius 3 is 2.72 bits per heavy atom. The topological polar surface area (TPSA) is 62.1 Å². The molecule has 29 heavy (non-hydrogen) atoms. The van der Waals surface area contributed by atoms with Crippen LogP contribution in [0.3, 0.4) is 0 Å². The number of fused-ring (bicyclic) bond motifs is 2. The Kier molecular flexibility index (Phi) is 4.02. The molecule has 0 radical (unpaired) electrons. The molecule has 0 unspecified atom stereocenters. The SMILES string of the molecule is FC(F)(F)c1ccc(N2CCc3[nH]cnc3[C@@H]2c2cc3cccc(Cl)n3n2)nc1. The highest BCUT2D eigenvalue weighted by molar-refractivity contribution is 6.29. The van der Waals surface area contributed by atoms with Gasteiger partial charge >= 0.3 is 6.18 Å². The van der Waals surface area contributed by atoms with Gasteiger partial charge in [-0.3, -0.25) is 0 Å². The van der Waals surface area contributed by atoms with Crippen molar-refractivity contribution >= 4 is 22.9 Å². The molecule has 6 nitrogen and oxygen atoms in total. The van der Waals surface area contributed by atoms with Crippen LogP contribution in [-0.2, 0) is 12.6 Å². The summed E-state index contributed by atoms with van der Waals surface area (Å²) >= 11 is 6.25. The Morgan fingerprint density at radius 1 is 1.14 bits per heavy atom. The highest BCUT2D eigenvalue weighted by Crippen LogP contribution is 2.37. The number of aromatic amines is 1. The van der Waals surface area contributed by atoms with Gasteiger partial charge in [0.25, 0.3) is 0 Å². The summed E-state index contributed by atoms with van der Waals surface area (Å²) in [4.78, 5) is 13.6. The van der Waals surface area contributed by atoms with Crippen LogP contribution in [0.25, 0.3) is 5.52 Å². The number of H-pyrrole nitrogens is 1. The summed E-state index contributed by atoms with van der Waals surface area (Å²) in [6.07, 6.45) is -1.29. The monoisotopic (exact) mass is 418 g/mol. The smallest absolute Gasteiger partial charge is 0.348 e. The number of nitrogens with zero attached hydrogens (tertiary/aromatic N) is 5. The van der Waals surface area contributed by atoms with E-state index in [2.05, 4.69) is 20.1 Å². The summed E-state index contributed by atoms with van der Waals surface area (Å²) in [5.41, 5.74) is 2.47. The van der Waals surface area contributed by atoms with Crippen LogP contribution in [0.5, 0.6) is 0 Å². The van der Waals surface area contributed by atoms with Crippen molar-refractivity contribution in [2.45, 2.75) is 18.6 Å². The number of nitrogens with one attached hydrogen (secondary N) is 1. The van der Waals surface area contributed by atoms with Gasteiger partial charge in [-0.25, -0.2) is 14.5 Å². The van der Waals surface area contributed by atoms with Crippen LogP contribution >= 0.6 is 11.6 Å². The van der Waals surface area contributed by atoms with Gasteiger partial charge < -0.3 is 9.88 Å². The third-order valence-electron chi connectivity index (χ3n) is 5.03. The molecule has 4 aromatic heterocycles. The molecule has 0 saturated heterocycles. The lowest BCUT2D eigenvalue weighted by molar-refractivity contribution is -0.137. The largest absolute Gasteiger partial charge is 0.417 e. The lowest BCUT2D eigenvalue weighted by Gasteiger charge is -2.35. The van der Waals surface area contributed by atoms with Crippen LogP contribution in [0.15, 0.2) is 48.9 Å². The van der Waals surface area contributed by atoms with Crippen LogP contribution < -0.4 is 4.90 Å². The fraction of sp³-hybridized carbons (Fsp3) is 0.211. The molecule has 0 bridgehead atoms. The maximum Gasteiger partial charge on any atom is 0.417 e. The first kappa shape index (κ1) is 18.0. The Hall–Kier alpha value is -3.07. The van der Waals surface area contributed by atoms with E-state index in [1.54, 1.807) is 16.9 Å². The van der Waals surface area contributed by atoms with E-state index in [0.717, 1.165) is 29.2 Å². The summed E-state index contributed by atoms with van der Waals surface area (Å²) in [6, 6.07) is 9.39. The summed E-state index contributed by atoms with van der Waals surface area (Å²) in [5.74, 6) is 0.430. The lowest BCUT2D eigenvalue weighted by Crippen LogP contribution is -2.37. The van der Waals surface area contributed by atoms with Crippen molar-refractivity contribution in [1.29, 1.82) is 0 Å². The lowest BCUT2D eigenvalue weighted by atomic mass is 9.99. The van der Waals surface area contributed by atoms with E-state index in [-0.39, 0.29) is 0 Å². The third-order valence-corrected chi connectivity index (χ3v) is 5.32. The van der Waals surface area contributed by atoms with E-state index < -0.39 is 17.8 Å². The molecule has 0 aromatic carbocycles. The first-order valence-corrected chi connectivity index (χ1v) is 9.26. The molecule has 10 heteroatoms. The molecule has 0 aliphatic carbocycles. The summed E-state index contributed by atoms with van der Waals surface area (Å²) < 4.78 is 40.4. The van der Waals surface area contributed by atoms with Crippen LogP contribution in [0.4, 0.5) is 19.0 Å². The highest BCUT2D eigenvalue weighted by Gasteiger charge is 2.35. The van der Waals surface area contributed by atoms with Gasteiger partial charge in [-0.15, -0.1) is 0 Å². The molecule has 148 valence electrons. The van der Waals surface area contributed by atoms with Crippen molar-refractivity contribution in [3.63, 3.8) is 0 Å². The van der Waals surface area contributed by atoms with E-state index >= 15 is 0 Å². The maximum atomic E-state index is 12.9. The molecule has 4 aromatic rings. The van der Waals surface area contributed by atoms with Crippen molar-refractivity contribution in [2.24, 2.45) is 0 Å². The van der Waals surface area contributed by atoms with E-state index in [1.165, 1.54) is 6.07 Å². The zero-order valence-corrected chi connectivity index (χ0v) is 15.6. The molecular weight excluding hydrogens is 405 g/mol. The molecule has 1 aliphatic rings. The maximum absolute atomic E-state index is 12.9. The fourth-order valence-corrected chi connectivity index (χ4v) is 3.89. The Labute approximate surface area is 168 Å². The standard InChI is InChI=1S/C19H14ClF3N6/c20-15-3-1-2-12-8-14(27-29(12)15)18-17-13(25-10-26-17)6-7-28(18)16-5-4-11(9-24-16)19(21,22)23/h1-5,8-10,18H,6-7H2,(H,25,26)/t18-/m0/s1. The number of aromatic nitrogens is 5. The summed E-state index contributed by atoms with van der Waals surface area (Å²) in [5, 5.41) is 5.09. The number of alkyl halides is 3. The number of anilines is 1. The fourth-order valence-electron chi connectivity index (χ4n) is 3.68. The van der Waals surface area contributed by atoms with Crippen molar-refractivity contribution in [3.05, 3.63) is 76.7 Å². The second-order valence-corrected chi connectivity index (χ2v) is 7.16. The van der Waals surface area contributed by atoms with Gasteiger partial charge in [-0.1, -0.05) is 17.7 Å². The number of hydrogen-bond acceptors (Lipinski definition) is 4. The minimum absolute atomic E-state index is 0.398. The van der Waals surface area contributed by atoms with Gasteiger partial charge in [0.15, 0.2) is 0 Å². The van der Waals surface area contributed by atoms with E-state index in [1.807, 2.05) is 23.1 Å². The molecule has 5 heterocycles. The average Bonchev–Trinajstić information content (AvgIpc) is 3.34. The zero-order valence-electron chi connectivity index (χ0n) is 14.9. The minimum Gasteiger partial charge on any atom is -0.348 e. The highest BCUT2D eigenvalue weighted by atomic mass is 35.5. The predicted molar refractivity (Wildman–Crippen MR) is 101 cm³/mol. The van der Waals surface area contributed by atoms with Crippen LogP contribution in [-0.4, -0.2) is 31.1 Å². The number of pyridine rings is 2. The first-order chi connectivity index (χ1) is 13.9. The average molecular weight is 419 g/mol. The Bertz CT molecular complexity index is 1180. The minimum atomic E-state index is -4.43. The Balaban J connectivity index is 1.61. The molecule has 5 rings (SSSR count). The summed E-state index contributed by atoms with van der Waals surface area (Å²) in [7, 11) is 0. The third kappa shape index (κ3) is 3.02.